The Morgan fingerprint density at radius 3 is 2.38 bits per heavy atom. The van der Waals surface area contributed by atoms with Crippen LogP contribution in [-0.4, -0.2) is 55.2 Å². The van der Waals surface area contributed by atoms with E-state index in [2.05, 4.69) is 22.3 Å². The Labute approximate surface area is 249 Å². The Hall–Kier alpha value is -3.23. The number of hydrogen-bond donors (Lipinski definition) is 1. The van der Waals surface area contributed by atoms with Gasteiger partial charge in [0.05, 0.1) is 34.5 Å². The average Bonchev–Trinajstić information content (AvgIpc) is 3.35. The van der Waals surface area contributed by atoms with Gasteiger partial charge in [-0.1, -0.05) is 71.7 Å². The van der Waals surface area contributed by atoms with Crippen molar-refractivity contribution in [3.05, 3.63) is 117 Å². The maximum absolute atomic E-state index is 14.0. The summed E-state index contributed by atoms with van der Waals surface area (Å²) in [6.07, 6.45) is 2.52. The molecule has 3 aromatic carbocycles. The number of halogens is 2. The number of benzene rings is 3. The number of nitrogens with zero attached hydrogens (tertiary/aromatic N) is 3. The van der Waals surface area contributed by atoms with Crippen LogP contribution in [0.3, 0.4) is 0 Å². The van der Waals surface area contributed by atoms with Crippen LogP contribution >= 0.6 is 35.0 Å². The third kappa shape index (κ3) is 6.08. The molecule has 206 valence electrons. The zero-order chi connectivity index (χ0) is 28.2. The summed E-state index contributed by atoms with van der Waals surface area (Å²) in [7, 11) is 5.61. The zero-order valence-electron chi connectivity index (χ0n) is 22.5. The van der Waals surface area contributed by atoms with Crippen LogP contribution in [0.5, 0.6) is 5.75 Å². The van der Waals surface area contributed by atoms with Gasteiger partial charge in [0, 0.05) is 36.2 Å². The van der Waals surface area contributed by atoms with Crippen molar-refractivity contribution in [2.24, 2.45) is 4.99 Å². The molecular formula is C31H30Cl2N4O2S. The molecule has 0 fully saturated rings. The third-order valence-electron chi connectivity index (χ3n) is 6.72. The average molecular weight is 594 g/mol. The molecule has 0 aromatic heterocycles. The van der Waals surface area contributed by atoms with Crippen molar-refractivity contribution in [1.82, 2.24) is 15.1 Å². The molecule has 0 spiro atoms. The SMILES string of the molecule is COc1ccc([C@H]2C(C(=O)NCCN(C)C)=C(Cc3ccccc3)N=C3SC(c4c(Cl)cccc4Cl)=CN32)cc1. The van der Waals surface area contributed by atoms with Crippen LogP contribution in [0.4, 0.5) is 0 Å². The Morgan fingerprint density at radius 2 is 1.73 bits per heavy atom. The lowest BCUT2D eigenvalue weighted by Crippen LogP contribution is -2.40. The van der Waals surface area contributed by atoms with Gasteiger partial charge in [-0.05, 0) is 61.2 Å². The standard InChI is InChI=1S/C31H30Cl2N4O2S/c1-36(2)17-16-34-30(38)28-25(18-20-8-5-4-6-9-20)35-31-37(29(28)21-12-14-22(39-3)15-13-21)19-26(40-31)27-23(32)10-7-11-24(27)33/h4-15,19,29H,16-18H2,1-3H3,(H,34,38)/t29-/m0/s1. The molecule has 2 aliphatic rings. The van der Waals surface area contributed by atoms with E-state index in [1.54, 1.807) is 7.11 Å². The highest BCUT2D eigenvalue weighted by molar-refractivity contribution is 8.22. The fraction of sp³-hybridized carbons (Fsp3) is 0.226. The van der Waals surface area contributed by atoms with Crippen LogP contribution < -0.4 is 10.1 Å². The normalized spacial score (nSPS) is 16.6. The molecule has 1 N–H and O–H groups in total. The van der Waals surface area contributed by atoms with Crippen molar-refractivity contribution in [2.75, 3.05) is 34.3 Å². The van der Waals surface area contributed by atoms with Gasteiger partial charge in [-0.3, -0.25) is 4.79 Å². The lowest BCUT2D eigenvalue weighted by atomic mass is 9.91. The summed E-state index contributed by atoms with van der Waals surface area (Å²) < 4.78 is 5.42. The Kier molecular flexibility index (Phi) is 8.86. The summed E-state index contributed by atoms with van der Waals surface area (Å²) in [4.78, 5) is 24.0. The number of carbonyl (C=O) groups excluding carboxylic acids is 1. The van der Waals surface area contributed by atoms with E-state index in [9.17, 15) is 4.79 Å². The molecule has 0 saturated heterocycles. The number of amides is 1. The molecule has 0 bridgehead atoms. The summed E-state index contributed by atoms with van der Waals surface area (Å²) in [6, 6.07) is 23.0. The molecule has 9 heteroatoms. The molecule has 6 nitrogen and oxygen atoms in total. The van der Waals surface area contributed by atoms with E-state index in [0.717, 1.165) is 44.8 Å². The largest absolute Gasteiger partial charge is 0.497 e. The molecule has 0 unspecified atom stereocenters. The lowest BCUT2D eigenvalue weighted by Gasteiger charge is -2.34. The second-order valence-corrected chi connectivity index (χ2v) is 11.6. The number of likely N-dealkylation sites (N-methyl/N-ethyl adjacent to an activating group) is 1. The van der Waals surface area contributed by atoms with Crippen molar-refractivity contribution in [3.63, 3.8) is 0 Å². The number of aliphatic imine (C=N–C) groups is 1. The topological polar surface area (TPSA) is 57.2 Å². The Balaban J connectivity index is 1.64. The number of allylic oxidation sites excluding steroid dienone is 1. The van der Waals surface area contributed by atoms with E-state index in [4.69, 9.17) is 32.9 Å². The number of ether oxygens (including phenoxy) is 1. The summed E-state index contributed by atoms with van der Waals surface area (Å²) >= 11 is 14.7. The van der Waals surface area contributed by atoms with E-state index in [1.165, 1.54) is 11.8 Å². The lowest BCUT2D eigenvalue weighted by molar-refractivity contribution is -0.118. The highest BCUT2D eigenvalue weighted by Crippen LogP contribution is 2.49. The van der Waals surface area contributed by atoms with Crippen LogP contribution in [0.25, 0.3) is 4.91 Å². The van der Waals surface area contributed by atoms with Gasteiger partial charge < -0.3 is 19.9 Å². The first-order chi connectivity index (χ1) is 19.4. The molecule has 0 radical (unpaired) electrons. The van der Waals surface area contributed by atoms with Gasteiger partial charge in [0.2, 0.25) is 0 Å². The van der Waals surface area contributed by atoms with Crippen LogP contribution in [0.2, 0.25) is 10.0 Å². The van der Waals surface area contributed by atoms with Crippen LogP contribution in [0.1, 0.15) is 22.7 Å². The van der Waals surface area contributed by atoms with Crippen LogP contribution in [0, 0.1) is 0 Å². The van der Waals surface area contributed by atoms with Crippen molar-refractivity contribution < 1.29 is 9.53 Å². The fourth-order valence-corrected chi connectivity index (χ4v) is 6.54. The van der Waals surface area contributed by atoms with Crippen LogP contribution in [-0.2, 0) is 11.2 Å². The van der Waals surface area contributed by atoms with E-state index in [-0.39, 0.29) is 5.91 Å². The summed E-state index contributed by atoms with van der Waals surface area (Å²) in [5.41, 5.74) is 4.11. The molecule has 2 aliphatic heterocycles. The van der Waals surface area contributed by atoms with Crippen molar-refractivity contribution in [1.29, 1.82) is 0 Å². The molecule has 1 amide bonds. The minimum atomic E-state index is -0.414. The second-order valence-electron chi connectivity index (χ2n) is 9.75. The number of methoxy groups -OCH3 is 1. The number of hydrogen-bond acceptors (Lipinski definition) is 6. The third-order valence-corrected chi connectivity index (χ3v) is 8.36. The molecule has 0 saturated carbocycles. The fourth-order valence-electron chi connectivity index (χ4n) is 4.73. The zero-order valence-corrected chi connectivity index (χ0v) is 24.9. The molecular weight excluding hydrogens is 563 g/mol. The summed E-state index contributed by atoms with van der Waals surface area (Å²) in [5.74, 6) is 0.604. The first-order valence-electron chi connectivity index (χ1n) is 12.9. The summed E-state index contributed by atoms with van der Waals surface area (Å²) in [5, 5.41) is 5.02. The smallest absolute Gasteiger partial charge is 0.251 e. The second kappa shape index (κ2) is 12.5. The maximum atomic E-state index is 14.0. The van der Waals surface area contributed by atoms with Crippen molar-refractivity contribution in [2.45, 2.75) is 12.5 Å². The van der Waals surface area contributed by atoms with E-state index in [1.807, 2.05) is 85.9 Å². The van der Waals surface area contributed by atoms with Gasteiger partial charge in [-0.25, -0.2) is 4.99 Å². The molecule has 3 aromatic rings. The van der Waals surface area contributed by atoms with Gasteiger partial charge in [-0.15, -0.1) is 0 Å². The van der Waals surface area contributed by atoms with Gasteiger partial charge >= 0.3 is 0 Å². The number of carbonyl (C=O) groups is 1. The van der Waals surface area contributed by atoms with Gasteiger partial charge in [-0.2, -0.15) is 0 Å². The van der Waals surface area contributed by atoms with E-state index < -0.39 is 6.04 Å². The number of thioether (sulfide) groups is 1. The monoisotopic (exact) mass is 592 g/mol. The van der Waals surface area contributed by atoms with Gasteiger partial charge in [0.1, 0.15) is 5.75 Å². The van der Waals surface area contributed by atoms with Crippen LogP contribution in [0.15, 0.2) is 95.3 Å². The number of fused-ring (bicyclic) bond motifs is 1. The quantitative estimate of drug-likeness (QED) is 0.302. The summed E-state index contributed by atoms with van der Waals surface area (Å²) in [6.45, 7) is 1.24. The minimum Gasteiger partial charge on any atom is -0.497 e. The Morgan fingerprint density at radius 1 is 1.02 bits per heavy atom. The predicted octanol–water partition coefficient (Wildman–Crippen LogP) is 6.63. The molecule has 1 atom stereocenters. The predicted molar refractivity (Wildman–Crippen MR) is 166 cm³/mol. The van der Waals surface area contributed by atoms with Gasteiger partial charge in [0.25, 0.3) is 5.91 Å². The molecule has 2 heterocycles. The molecule has 40 heavy (non-hydrogen) atoms. The van der Waals surface area contributed by atoms with E-state index in [0.29, 0.717) is 28.6 Å². The number of nitrogens with one attached hydrogen (secondary N) is 1. The highest BCUT2D eigenvalue weighted by atomic mass is 35.5. The molecule has 0 aliphatic carbocycles. The Bertz CT molecular complexity index is 1470. The van der Waals surface area contributed by atoms with Gasteiger partial charge in [0.15, 0.2) is 5.17 Å². The van der Waals surface area contributed by atoms with Crippen molar-refractivity contribution >= 4 is 50.9 Å². The molecule has 5 rings (SSSR count). The highest BCUT2D eigenvalue weighted by Gasteiger charge is 2.40. The van der Waals surface area contributed by atoms with E-state index >= 15 is 0 Å². The van der Waals surface area contributed by atoms with Crippen molar-refractivity contribution in [3.8, 4) is 5.75 Å². The number of rotatable bonds is 9. The number of amidine groups is 1. The minimum absolute atomic E-state index is 0.140. The first-order valence-corrected chi connectivity index (χ1v) is 14.5. The first kappa shape index (κ1) is 28.3. The maximum Gasteiger partial charge on any atom is 0.251 e.